The molecule has 1 aromatic rings. The first-order valence-electron chi connectivity index (χ1n) is 5.42. The number of nitrogens with two attached hydrogens (primary N) is 1. The minimum absolute atomic E-state index is 0.0553. The molecule has 1 aliphatic rings. The standard InChI is InChI=1S/C11H16N2O2S/c1-7-9(12)5-10(16-7)11(14)13-6-8-3-2-4-15-8/h5,8H,2-4,6,12H2,1H3,(H,13,14). The smallest absolute Gasteiger partial charge is 0.261 e. The van der Waals surface area contributed by atoms with Crippen molar-refractivity contribution in [2.45, 2.75) is 25.9 Å². The lowest BCUT2D eigenvalue weighted by atomic mass is 10.2. The molecule has 0 saturated carbocycles. The van der Waals surface area contributed by atoms with Crippen LogP contribution in [0.3, 0.4) is 0 Å². The molecule has 1 fully saturated rings. The second kappa shape index (κ2) is 4.84. The molecule has 1 amide bonds. The van der Waals surface area contributed by atoms with Gasteiger partial charge in [0.1, 0.15) is 0 Å². The topological polar surface area (TPSA) is 64.3 Å². The van der Waals surface area contributed by atoms with Crippen molar-refractivity contribution in [1.29, 1.82) is 0 Å². The summed E-state index contributed by atoms with van der Waals surface area (Å²) in [7, 11) is 0. The fourth-order valence-corrected chi connectivity index (χ4v) is 2.56. The summed E-state index contributed by atoms with van der Waals surface area (Å²) in [4.78, 5) is 13.4. The van der Waals surface area contributed by atoms with E-state index >= 15 is 0 Å². The SMILES string of the molecule is Cc1sc(C(=O)NCC2CCCO2)cc1N. The van der Waals surface area contributed by atoms with E-state index in [1.165, 1.54) is 11.3 Å². The minimum atomic E-state index is -0.0553. The Hall–Kier alpha value is -1.07. The van der Waals surface area contributed by atoms with Crippen molar-refractivity contribution in [3.8, 4) is 0 Å². The van der Waals surface area contributed by atoms with Gasteiger partial charge in [0.15, 0.2) is 0 Å². The molecular weight excluding hydrogens is 224 g/mol. The molecule has 3 N–H and O–H groups in total. The van der Waals surface area contributed by atoms with Gasteiger partial charge in [-0.25, -0.2) is 0 Å². The van der Waals surface area contributed by atoms with E-state index in [-0.39, 0.29) is 12.0 Å². The van der Waals surface area contributed by atoms with Gasteiger partial charge < -0.3 is 15.8 Å². The van der Waals surface area contributed by atoms with Crippen LogP contribution in [0.15, 0.2) is 6.07 Å². The summed E-state index contributed by atoms with van der Waals surface area (Å²) in [6.07, 6.45) is 2.31. The van der Waals surface area contributed by atoms with Crippen LogP contribution in [0.2, 0.25) is 0 Å². The van der Waals surface area contributed by atoms with Gasteiger partial charge in [-0.05, 0) is 25.8 Å². The van der Waals surface area contributed by atoms with E-state index in [2.05, 4.69) is 5.32 Å². The summed E-state index contributed by atoms with van der Waals surface area (Å²) in [6, 6.07) is 1.73. The van der Waals surface area contributed by atoms with E-state index in [1.54, 1.807) is 6.07 Å². The number of aryl methyl sites for hydroxylation is 1. The number of hydrogen-bond acceptors (Lipinski definition) is 4. The largest absolute Gasteiger partial charge is 0.398 e. The van der Waals surface area contributed by atoms with Gasteiger partial charge in [0.05, 0.1) is 11.0 Å². The minimum Gasteiger partial charge on any atom is -0.398 e. The van der Waals surface area contributed by atoms with E-state index in [1.807, 2.05) is 6.92 Å². The predicted octanol–water partition coefficient (Wildman–Crippen LogP) is 1.55. The molecule has 1 saturated heterocycles. The number of hydrogen-bond donors (Lipinski definition) is 2. The molecule has 4 nitrogen and oxygen atoms in total. The Morgan fingerprint density at radius 1 is 1.75 bits per heavy atom. The van der Waals surface area contributed by atoms with Gasteiger partial charge in [-0.2, -0.15) is 0 Å². The van der Waals surface area contributed by atoms with Crippen molar-refractivity contribution in [3.63, 3.8) is 0 Å². The molecule has 88 valence electrons. The van der Waals surface area contributed by atoms with Crippen LogP contribution in [0.4, 0.5) is 5.69 Å². The number of nitrogens with one attached hydrogen (secondary N) is 1. The molecule has 1 aliphatic heterocycles. The second-order valence-electron chi connectivity index (χ2n) is 3.97. The number of ether oxygens (including phenoxy) is 1. The maximum absolute atomic E-state index is 11.8. The number of carbonyl (C=O) groups is 1. The Kier molecular flexibility index (Phi) is 3.46. The molecule has 2 rings (SSSR count). The summed E-state index contributed by atoms with van der Waals surface area (Å²) >= 11 is 1.43. The van der Waals surface area contributed by atoms with Gasteiger partial charge in [-0.1, -0.05) is 0 Å². The number of rotatable bonds is 3. The zero-order chi connectivity index (χ0) is 11.5. The summed E-state index contributed by atoms with van der Waals surface area (Å²) in [5.41, 5.74) is 6.39. The average Bonchev–Trinajstić information content (AvgIpc) is 2.86. The first-order valence-corrected chi connectivity index (χ1v) is 6.24. The summed E-state index contributed by atoms with van der Waals surface area (Å²) in [5.74, 6) is -0.0553. The number of amides is 1. The van der Waals surface area contributed by atoms with E-state index in [0.717, 1.165) is 24.3 Å². The van der Waals surface area contributed by atoms with Crippen LogP contribution in [-0.4, -0.2) is 25.2 Å². The van der Waals surface area contributed by atoms with Gasteiger partial charge in [0.2, 0.25) is 0 Å². The average molecular weight is 240 g/mol. The third kappa shape index (κ3) is 2.54. The number of thiophene rings is 1. The number of nitrogen functional groups attached to an aromatic ring is 1. The Morgan fingerprint density at radius 3 is 3.12 bits per heavy atom. The third-order valence-electron chi connectivity index (χ3n) is 2.69. The molecular formula is C11H16N2O2S. The Labute approximate surface area is 98.8 Å². The highest BCUT2D eigenvalue weighted by molar-refractivity contribution is 7.14. The molecule has 16 heavy (non-hydrogen) atoms. The third-order valence-corrected chi connectivity index (χ3v) is 3.76. The van der Waals surface area contributed by atoms with Crippen molar-refractivity contribution < 1.29 is 9.53 Å². The van der Waals surface area contributed by atoms with Gasteiger partial charge in [-0.15, -0.1) is 11.3 Å². The first-order chi connectivity index (χ1) is 7.66. The molecule has 1 atom stereocenters. The van der Waals surface area contributed by atoms with Crippen molar-refractivity contribution >= 4 is 22.9 Å². The van der Waals surface area contributed by atoms with Crippen molar-refractivity contribution in [2.75, 3.05) is 18.9 Å². The van der Waals surface area contributed by atoms with E-state index < -0.39 is 0 Å². The van der Waals surface area contributed by atoms with Crippen LogP contribution in [0.5, 0.6) is 0 Å². The van der Waals surface area contributed by atoms with Crippen molar-refractivity contribution in [2.24, 2.45) is 0 Å². The van der Waals surface area contributed by atoms with Crippen LogP contribution in [-0.2, 0) is 4.74 Å². The molecule has 1 aromatic heterocycles. The zero-order valence-corrected chi connectivity index (χ0v) is 10.1. The highest BCUT2D eigenvalue weighted by Gasteiger charge is 2.17. The van der Waals surface area contributed by atoms with Gasteiger partial charge in [-0.3, -0.25) is 4.79 Å². The van der Waals surface area contributed by atoms with Gasteiger partial charge >= 0.3 is 0 Å². The summed E-state index contributed by atoms with van der Waals surface area (Å²) in [5, 5.41) is 2.87. The molecule has 0 radical (unpaired) electrons. The van der Waals surface area contributed by atoms with Gasteiger partial charge in [0, 0.05) is 23.7 Å². The first kappa shape index (κ1) is 11.4. The Morgan fingerprint density at radius 2 is 2.56 bits per heavy atom. The lowest BCUT2D eigenvalue weighted by Gasteiger charge is -2.09. The molecule has 5 heteroatoms. The Balaban J connectivity index is 1.87. The van der Waals surface area contributed by atoms with Crippen LogP contribution >= 0.6 is 11.3 Å². The molecule has 0 aliphatic carbocycles. The zero-order valence-electron chi connectivity index (χ0n) is 9.29. The highest BCUT2D eigenvalue weighted by atomic mass is 32.1. The van der Waals surface area contributed by atoms with E-state index in [4.69, 9.17) is 10.5 Å². The number of anilines is 1. The van der Waals surface area contributed by atoms with Crippen molar-refractivity contribution in [3.05, 3.63) is 15.8 Å². The van der Waals surface area contributed by atoms with E-state index in [0.29, 0.717) is 17.1 Å². The summed E-state index contributed by atoms with van der Waals surface area (Å²) in [6.45, 7) is 3.32. The second-order valence-corrected chi connectivity index (χ2v) is 5.22. The molecule has 0 bridgehead atoms. The molecule has 0 aromatic carbocycles. The summed E-state index contributed by atoms with van der Waals surface area (Å²) < 4.78 is 5.43. The lowest BCUT2D eigenvalue weighted by molar-refractivity contribution is 0.0861. The Bertz CT molecular complexity index is 364. The fourth-order valence-electron chi connectivity index (χ4n) is 1.71. The van der Waals surface area contributed by atoms with Gasteiger partial charge in [0.25, 0.3) is 5.91 Å². The molecule has 1 unspecified atom stereocenters. The molecule has 2 heterocycles. The van der Waals surface area contributed by atoms with E-state index in [9.17, 15) is 4.79 Å². The maximum Gasteiger partial charge on any atom is 0.261 e. The fraction of sp³-hybridized carbons (Fsp3) is 0.545. The lowest BCUT2D eigenvalue weighted by Crippen LogP contribution is -2.31. The van der Waals surface area contributed by atoms with Crippen LogP contribution in [0.1, 0.15) is 27.4 Å². The van der Waals surface area contributed by atoms with Crippen LogP contribution in [0, 0.1) is 6.92 Å². The normalized spacial score (nSPS) is 19.9. The predicted molar refractivity (Wildman–Crippen MR) is 64.8 cm³/mol. The quantitative estimate of drug-likeness (QED) is 0.842. The number of carbonyl (C=O) groups excluding carboxylic acids is 1. The van der Waals surface area contributed by atoms with Crippen molar-refractivity contribution in [1.82, 2.24) is 5.32 Å². The monoisotopic (exact) mass is 240 g/mol. The molecule has 0 spiro atoms. The van der Waals surface area contributed by atoms with Crippen LogP contribution in [0.25, 0.3) is 0 Å². The maximum atomic E-state index is 11.8. The highest BCUT2D eigenvalue weighted by Crippen LogP contribution is 2.23. The van der Waals surface area contributed by atoms with Crippen LogP contribution < -0.4 is 11.1 Å².